The Hall–Kier alpha value is -2.84. The third-order valence-corrected chi connectivity index (χ3v) is 6.61. The molecule has 7 nitrogen and oxygen atoms in total. The Kier molecular flexibility index (Phi) is 5.41. The third-order valence-electron chi connectivity index (χ3n) is 5.56. The van der Waals surface area contributed by atoms with E-state index in [4.69, 9.17) is 25.3 Å². The van der Waals surface area contributed by atoms with Crippen molar-refractivity contribution in [3.8, 4) is 17.1 Å². The lowest BCUT2D eigenvalue weighted by molar-refractivity contribution is 0.226. The lowest BCUT2D eigenvalue weighted by atomic mass is 9.64. The summed E-state index contributed by atoms with van der Waals surface area (Å²) < 4.78 is 16.6. The molecule has 0 atom stereocenters. The number of nitrogens with zero attached hydrogens (tertiary/aromatic N) is 4. The van der Waals surface area contributed by atoms with Crippen LogP contribution in [0.15, 0.2) is 62.7 Å². The van der Waals surface area contributed by atoms with Gasteiger partial charge in [-0.3, -0.25) is 0 Å². The molecule has 4 aromatic rings. The predicted octanol–water partition coefficient (Wildman–Crippen LogP) is 5.54. The average Bonchev–Trinajstić information content (AvgIpc) is 3.43. The molecule has 2 heterocycles. The first-order valence-corrected chi connectivity index (χ1v) is 11.2. The molecule has 158 valence electrons. The Bertz CT molecular complexity index is 1170. The van der Waals surface area contributed by atoms with Crippen LogP contribution in [0.1, 0.15) is 36.6 Å². The van der Waals surface area contributed by atoms with E-state index in [0.717, 1.165) is 36.1 Å². The maximum atomic E-state index is 6.05. The quantitative estimate of drug-likeness (QED) is 0.336. The van der Waals surface area contributed by atoms with Crippen molar-refractivity contribution < 1.29 is 13.7 Å². The fourth-order valence-electron chi connectivity index (χ4n) is 3.68. The van der Waals surface area contributed by atoms with Crippen LogP contribution in [-0.2, 0) is 11.2 Å². The van der Waals surface area contributed by atoms with Crippen molar-refractivity contribution in [2.24, 2.45) is 0 Å². The van der Waals surface area contributed by atoms with Crippen molar-refractivity contribution in [2.75, 3.05) is 7.11 Å². The van der Waals surface area contributed by atoms with E-state index in [-0.39, 0.29) is 5.41 Å². The predicted molar refractivity (Wildman–Crippen MR) is 116 cm³/mol. The highest BCUT2D eigenvalue weighted by Gasteiger charge is 2.45. The SMILES string of the molecule is COc1ccc(-c2noc(CSc3nnc(C4(c5ccc(Cl)cc5)CCC4)o3)n2)cc1. The highest BCUT2D eigenvalue weighted by Crippen LogP contribution is 2.49. The topological polar surface area (TPSA) is 87.1 Å². The normalized spacial score (nSPS) is 14.9. The van der Waals surface area contributed by atoms with Gasteiger partial charge in [0.15, 0.2) is 0 Å². The summed E-state index contributed by atoms with van der Waals surface area (Å²) in [5.74, 6) is 2.89. The highest BCUT2D eigenvalue weighted by molar-refractivity contribution is 7.98. The maximum Gasteiger partial charge on any atom is 0.277 e. The minimum absolute atomic E-state index is 0.220. The molecule has 1 aliphatic rings. The molecule has 31 heavy (non-hydrogen) atoms. The number of rotatable bonds is 7. The van der Waals surface area contributed by atoms with Gasteiger partial charge in [0.1, 0.15) is 5.75 Å². The summed E-state index contributed by atoms with van der Waals surface area (Å²) in [5, 5.41) is 13.8. The second-order valence-corrected chi connectivity index (χ2v) is 8.71. The van der Waals surface area contributed by atoms with Crippen LogP contribution in [0.3, 0.4) is 0 Å². The summed E-state index contributed by atoms with van der Waals surface area (Å²) in [4.78, 5) is 4.45. The standard InChI is InChI=1S/C22H19ClN4O3S/c1-28-17-9-3-14(4-10-17)19-24-18(30-27-19)13-31-21-26-25-20(29-21)22(11-2-12-22)15-5-7-16(23)8-6-15/h3-10H,2,11-13H2,1H3. The molecule has 1 saturated carbocycles. The van der Waals surface area contributed by atoms with Crippen LogP contribution in [0.5, 0.6) is 5.75 Å². The minimum Gasteiger partial charge on any atom is -0.497 e. The summed E-state index contributed by atoms with van der Waals surface area (Å²) in [5.41, 5.74) is 1.79. The molecule has 1 aliphatic carbocycles. The Morgan fingerprint density at radius 1 is 1.06 bits per heavy atom. The van der Waals surface area contributed by atoms with Gasteiger partial charge in [-0.05, 0) is 54.8 Å². The van der Waals surface area contributed by atoms with Crippen LogP contribution in [0.4, 0.5) is 0 Å². The summed E-state index contributed by atoms with van der Waals surface area (Å²) in [6.45, 7) is 0. The molecule has 0 N–H and O–H groups in total. The number of thioether (sulfide) groups is 1. The van der Waals surface area contributed by atoms with Crippen molar-refractivity contribution in [3.63, 3.8) is 0 Å². The summed E-state index contributed by atoms with van der Waals surface area (Å²) in [6, 6.07) is 15.4. The Balaban J connectivity index is 1.27. The summed E-state index contributed by atoms with van der Waals surface area (Å²) in [6.07, 6.45) is 3.09. The van der Waals surface area contributed by atoms with Gasteiger partial charge in [-0.1, -0.05) is 47.1 Å². The molecular formula is C22H19ClN4O3S. The number of benzene rings is 2. The van der Waals surface area contributed by atoms with E-state index in [2.05, 4.69) is 20.3 Å². The second kappa shape index (κ2) is 8.36. The van der Waals surface area contributed by atoms with Crippen LogP contribution in [-0.4, -0.2) is 27.4 Å². The Morgan fingerprint density at radius 3 is 2.52 bits per heavy atom. The lowest BCUT2D eigenvalue weighted by Gasteiger charge is -2.39. The molecule has 1 fully saturated rings. The van der Waals surface area contributed by atoms with Crippen molar-refractivity contribution >= 4 is 23.4 Å². The van der Waals surface area contributed by atoms with Gasteiger partial charge < -0.3 is 13.7 Å². The van der Waals surface area contributed by atoms with Crippen molar-refractivity contribution in [2.45, 2.75) is 35.7 Å². The number of methoxy groups -OCH3 is 1. The average molecular weight is 455 g/mol. The number of hydrogen-bond donors (Lipinski definition) is 0. The van der Waals surface area contributed by atoms with Crippen LogP contribution in [0.25, 0.3) is 11.4 Å². The number of halogens is 1. The molecule has 0 amide bonds. The van der Waals surface area contributed by atoms with Crippen LogP contribution < -0.4 is 4.74 Å². The van der Waals surface area contributed by atoms with Gasteiger partial charge in [0.05, 0.1) is 18.3 Å². The molecule has 0 spiro atoms. The second-order valence-electron chi connectivity index (χ2n) is 7.34. The monoisotopic (exact) mass is 454 g/mol. The van der Waals surface area contributed by atoms with Crippen LogP contribution in [0.2, 0.25) is 5.02 Å². The van der Waals surface area contributed by atoms with Gasteiger partial charge in [-0.15, -0.1) is 10.2 Å². The maximum absolute atomic E-state index is 6.05. The van der Waals surface area contributed by atoms with E-state index in [1.165, 1.54) is 11.8 Å². The first-order chi connectivity index (χ1) is 15.2. The largest absolute Gasteiger partial charge is 0.497 e. The van der Waals surface area contributed by atoms with Crippen molar-refractivity contribution in [3.05, 3.63) is 70.9 Å². The van der Waals surface area contributed by atoms with Crippen LogP contribution in [0, 0.1) is 0 Å². The van der Waals surface area contributed by atoms with Gasteiger partial charge >= 0.3 is 0 Å². The molecule has 0 bridgehead atoms. The van der Waals surface area contributed by atoms with E-state index in [1.54, 1.807) is 7.11 Å². The zero-order valence-corrected chi connectivity index (χ0v) is 18.3. The first-order valence-electron chi connectivity index (χ1n) is 9.86. The van der Waals surface area contributed by atoms with Gasteiger partial charge in [0.2, 0.25) is 17.6 Å². The van der Waals surface area contributed by atoms with Crippen molar-refractivity contribution in [1.82, 2.24) is 20.3 Å². The minimum atomic E-state index is -0.220. The Morgan fingerprint density at radius 2 is 1.84 bits per heavy atom. The smallest absolute Gasteiger partial charge is 0.277 e. The van der Waals surface area contributed by atoms with Crippen LogP contribution >= 0.6 is 23.4 Å². The molecule has 0 unspecified atom stereocenters. The van der Waals surface area contributed by atoms with Gasteiger partial charge in [-0.25, -0.2) is 0 Å². The molecule has 2 aromatic heterocycles. The van der Waals surface area contributed by atoms with Gasteiger partial charge in [0.25, 0.3) is 5.22 Å². The Labute approximate surface area is 188 Å². The van der Waals surface area contributed by atoms with E-state index in [9.17, 15) is 0 Å². The van der Waals surface area contributed by atoms with E-state index in [0.29, 0.717) is 33.6 Å². The zero-order chi connectivity index (χ0) is 21.3. The molecule has 9 heteroatoms. The molecule has 2 aromatic carbocycles. The van der Waals surface area contributed by atoms with E-state index >= 15 is 0 Å². The fourth-order valence-corrected chi connectivity index (χ4v) is 4.41. The molecule has 5 rings (SSSR count). The number of aromatic nitrogens is 4. The highest BCUT2D eigenvalue weighted by atomic mass is 35.5. The number of ether oxygens (including phenoxy) is 1. The third kappa shape index (κ3) is 3.93. The fraction of sp³-hybridized carbons (Fsp3) is 0.273. The van der Waals surface area contributed by atoms with Crippen molar-refractivity contribution in [1.29, 1.82) is 0 Å². The molecular weight excluding hydrogens is 436 g/mol. The van der Waals surface area contributed by atoms with Gasteiger partial charge in [-0.2, -0.15) is 4.98 Å². The zero-order valence-electron chi connectivity index (χ0n) is 16.7. The summed E-state index contributed by atoms with van der Waals surface area (Å²) >= 11 is 7.43. The first kappa shape index (κ1) is 20.1. The molecule has 0 saturated heterocycles. The lowest BCUT2D eigenvalue weighted by Crippen LogP contribution is -2.35. The molecule has 0 aliphatic heterocycles. The van der Waals surface area contributed by atoms with Gasteiger partial charge in [0, 0.05) is 10.6 Å². The summed E-state index contributed by atoms with van der Waals surface area (Å²) in [7, 11) is 1.63. The van der Waals surface area contributed by atoms with E-state index < -0.39 is 0 Å². The number of hydrogen-bond acceptors (Lipinski definition) is 8. The van der Waals surface area contributed by atoms with E-state index in [1.807, 2.05) is 48.5 Å². The molecule has 0 radical (unpaired) electrons.